The van der Waals surface area contributed by atoms with E-state index in [2.05, 4.69) is 14.9 Å². The number of nitrogens with zero attached hydrogens (tertiary/aromatic N) is 4. The highest BCUT2D eigenvalue weighted by atomic mass is 32.2. The van der Waals surface area contributed by atoms with E-state index in [0.717, 1.165) is 17.8 Å². The Bertz CT molecular complexity index is 957. The van der Waals surface area contributed by atoms with Crippen LogP contribution in [0.1, 0.15) is 24.7 Å². The van der Waals surface area contributed by atoms with Crippen LogP contribution in [0.2, 0.25) is 0 Å². The van der Waals surface area contributed by atoms with Crippen LogP contribution in [0, 0.1) is 13.8 Å². The number of benzene rings is 1. The number of anilines is 1. The molecule has 0 N–H and O–H groups in total. The van der Waals surface area contributed by atoms with Crippen LogP contribution < -0.4 is 14.4 Å². The van der Waals surface area contributed by atoms with Crippen LogP contribution in [0.4, 0.5) is 5.82 Å². The number of hydrogen-bond donors (Lipinski definition) is 0. The molecule has 0 amide bonds. The summed E-state index contributed by atoms with van der Waals surface area (Å²) in [5.41, 5.74) is 0.874. The standard InChI is InChI=1S/C20H28N4O4S/c1-5-12-28-20-14-19(21-16(3)22-20)23-8-10-24(11-9-23)29(25,26)18-13-15(2)6-7-17(18)27-4/h6-7,13-14H,5,8-12H2,1-4H3. The highest BCUT2D eigenvalue weighted by molar-refractivity contribution is 7.89. The third-order valence-electron chi connectivity index (χ3n) is 4.75. The van der Waals surface area contributed by atoms with Crippen molar-refractivity contribution in [3.8, 4) is 11.6 Å². The highest BCUT2D eigenvalue weighted by Gasteiger charge is 2.31. The lowest BCUT2D eigenvalue weighted by Crippen LogP contribution is -2.49. The zero-order valence-electron chi connectivity index (χ0n) is 17.4. The first kappa shape index (κ1) is 21.3. The number of aryl methyl sites for hydroxylation is 2. The highest BCUT2D eigenvalue weighted by Crippen LogP contribution is 2.29. The Labute approximate surface area is 172 Å². The van der Waals surface area contributed by atoms with Crippen molar-refractivity contribution in [2.45, 2.75) is 32.1 Å². The Morgan fingerprint density at radius 1 is 1.07 bits per heavy atom. The molecule has 0 radical (unpaired) electrons. The average Bonchev–Trinajstić information content (AvgIpc) is 2.72. The van der Waals surface area contributed by atoms with E-state index in [1.165, 1.54) is 11.4 Å². The fraction of sp³-hybridized carbons (Fsp3) is 0.500. The van der Waals surface area contributed by atoms with Gasteiger partial charge in [0, 0.05) is 32.2 Å². The molecule has 158 valence electrons. The number of rotatable bonds is 7. The van der Waals surface area contributed by atoms with Crippen LogP contribution in [0.3, 0.4) is 0 Å². The Kier molecular flexibility index (Phi) is 6.59. The maximum Gasteiger partial charge on any atom is 0.246 e. The summed E-state index contributed by atoms with van der Waals surface area (Å²) in [5, 5.41) is 0. The first-order valence-corrected chi connectivity index (χ1v) is 11.2. The molecule has 0 unspecified atom stereocenters. The van der Waals surface area contributed by atoms with Gasteiger partial charge in [0.05, 0.1) is 13.7 Å². The summed E-state index contributed by atoms with van der Waals surface area (Å²) in [7, 11) is -2.15. The van der Waals surface area contributed by atoms with E-state index in [9.17, 15) is 8.42 Å². The predicted molar refractivity (Wildman–Crippen MR) is 111 cm³/mol. The first-order valence-electron chi connectivity index (χ1n) is 9.73. The van der Waals surface area contributed by atoms with Gasteiger partial charge in [0.25, 0.3) is 0 Å². The van der Waals surface area contributed by atoms with Gasteiger partial charge in [0.15, 0.2) is 0 Å². The molecule has 0 spiro atoms. The van der Waals surface area contributed by atoms with E-state index in [1.54, 1.807) is 12.1 Å². The maximum atomic E-state index is 13.2. The fourth-order valence-corrected chi connectivity index (χ4v) is 4.91. The van der Waals surface area contributed by atoms with Crippen molar-refractivity contribution in [2.24, 2.45) is 0 Å². The lowest BCUT2D eigenvalue weighted by molar-refractivity contribution is 0.303. The van der Waals surface area contributed by atoms with Crippen molar-refractivity contribution in [3.05, 3.63) is 35.7 Å². The van der Waals surface area contributed by atoms with Crippen molar-refractivity contribution in [2.75, 3.05) is 44.8 Å². The van der Waals surface area contributed by atoms with Gasteiger partial charge in [0.2, 0.25) is 15.9 Å². The van der Waals surface area contributed by atoms with Crippen LogP contribution in [-0.2, 0) is 10.0 Å². The summed E-state index contributed by atoms with van der Waals surface area (Å²) in [5.74, 6) is 2.30. The van der Waals surface area contributed by atoms with Gasteiger partial charge in [-0.3, -0.25) is 0 Å². The van der Waals surface area contributed by atoms with Gasteiger partial charge in [-0.25, -0.2) is 13.4 Å². The van der Waals surface area contributed by atoms with E-state index in [1.807, 2.05) is 32.9 Å². The van der Waals surface area contributed by atoms with Gasteiger partial charge in [0.1, 0.15) is 22.3 Å². The predicted octanol–water partition coefficient (Wildman–Crippen LogP) is 2.40. The number of piperazine rings is 1. The van der Waals surface area contributed by atoms with Crippen LogP contribution in [0.25, 0.3) is 0 Å². The zero-order valence-corrected chi connectivity index (χ0v) is 18.2. The van der Waals surface area contributed by atoms with Gasteiger partial charge >= 0.3 is 0 Å². The van der Waals surface area contributed by atoms with E-state index in [-0.39, 0.29) is 4.90 Å². The molecule has 3 rings (SSSR count). The molecule has 1 aromatic heterocycles. The average molecular weight is 421 g/mol. The van der Waals surface area contributed by atoms with Gasteiger partial charge in [-0.15, -0.1) is 0 Å². The molecule has 0 saturated carbocycles. The van der Waals surface area contributed by atoms with Crippen molar-refractivity contribution in [1.29, 1.82) is 0 Å². The molecule has 0 bridgehead atoms. The largest absolute Gasteiger partial charge is 0.495 e. The quantitative estimate of drug-likeness (QED) is 0.680. The van der Waals surface area contributed by atoms with E-state index in [4.69, 9.17) is 9.47 Å². The summed E-state index contributed by atoms with van der Waals surface area (Å²) in [6.45, 7) is 8.15. The smallest absolute Gasteiger partial charge is 0.246 e. The second kappa shape index (κ2) is 8.96. The molecule has 1 fully saturated rings. The Hall–Kier alpha value is -2.39. The SMILES string of the molecule is CCCOc1cc(N2CCN(S(=O)(=O)c3cc(C)ccc3OC)CC2)nc(C)n1. The third-order valence-corrected chi connectivity index (χ3v) is 6.67. The molecular formula is C20H28N4O4S. The molecule has 0 aliphatic carbocycles. The van der Waals surface area contributed by atoms with Crippen LogP contribution >= 0.6 is 0 Å². The Morgan fingerprint density at radius 3 is 2.45 bits per heavy atom. The summed E-state index contributed by atoms with van der Waals surface area (Å²) in [6.07, 6.45) is 0.900. The minimum atomic E-state index is -3.64. The molecule has 2 aromatic rings. The molecule has 0 atom stereocenters. The van der Waals surface area contributed by atoms with Gasteiger partial charge in [-0.1, -0.05) is 13.0 Å². The second-order valence-corrected chi connectivity index (χ2v) is 8.91. The minimum Gasteiger partial charge on any atom is -0.495 e. The van der Waals surface area contributed by atoms with Crippen LogP contribution in [0.5, 0.6) is 11.6 Å². The second-order valence-electron chi connectivity index (χ2n) is 7.01. The number of ether oxygens (including phenoxy) is 2. The number of sulfonamides is 1. The van der Waals surface area contributed by atoms with Crippen molar-refractivity contribution < 1.29 is 17.9 Å². The molecule has 1 aliphatic rings. The number of methoxy groups -OCH3 is 1. The summed E-state index contributed by atoms with van der Waals surface area (Å²) in [4.78, 5) is 11.1. The van der Waals surface area contributed by atoms with Crippen molar-refractivity contribution >= 4 is 15.8 Å². The monoisotopic (exact) mass is 420 g/mol. The molecule has 2 heterocycles. The molecule has 1 aliphatic heterocycles. The van der Waals surface area contributed by atoms with Crippen molar-refractivity contribution in [1.82, 2.24) is 14.3 Å². The normalized spacial score (nSPS) is 15.4. The number of hydrogen-bond acceptors (Lipinski definition) is 7. The van der Waals surface area contributed by atoms with E-state index >= 15 is 0 Å². The van der Waals surface area contributed by atoms with Gasteiger partial charge in [-0.05, 0) is 38.0 Å². The van der Waals surface area contributed by atoms with Crippen LogP contribution in [-0.4, -0.2) is 62.6 Å². The van der Waals surface area contributed by atoms with E-state index < -0.39 is 10.0 Å². The molecule has 1 saturated heterocycles. The van der Waals surface area contributed by atoms with Crippen LogP contribution in [0.15, 0.2) is 29.2 Å². The van der Waals surface area contributed by atoms with Gasteiger partial charge < -0.3 is 14.4 Å². The maximum absolute atomic E-state index is 13.2. The van der Waals surface area contributed by atoms with Gasteiger partial charge in [-0.2, -0.15) is 9.29 Å². The summed E-state index contributed by atoms with van der Waals surface area (Å²) in [6, 6.07) is 7.01. The minimum absolute atomic E-state index is 0.210. The molecule has 29 heavy (non-hydrogen) atoms. The number of aromatic nitrogens is 2. The molecule has 1 aromatic carbocycles. The van der Waals surface area contributed by atoms with Crippen molar-refractivity contribution in [3.63, 3.8) is 0 Å². The third kappa shape index (κ3) is 4.79. The first-order chi connectivity index (χ1) is 13.8. The molecular weight excluding hydrogens is 392 g/mol. The Morgan fingerprint density at radius 2 is 1.79 bits per heavy atom. The molecule has 9 heteroatoms. The fourth-order valence-electron chi connectivity index (χ4n) is 3.25. The topological polar surface area (TPSA) is 84.9 Å². The Balaban J connectivity index is 1.75. The molecule has 8 nitrogen and oxygen atoms in total. The lowest BCUT2D eigenvalue weighted by Gasteiger charge is -2.35. The summed E-state index contributed by atoms with van der Waals surface area (Å²) >= 11 is 0. The zero-order chi connectivity index (χ0) is 21.0. The van der Waals surface area contributed by atoms with E-state index in [0.29, 0.717) is 50.2 Å². The lowest BCUT2D eigenvalue weighted by atomic mass is 10.2. The summed E-state index contributed by atoms with van der Waals surface area (Å²) < 4.78 is 38.8.